The van der Waals surface area contributed by atoms with Gasteiger partial charge in [0.1, 0.15) is 13.2 Å². The summed E-state index contributed by atoms with van der Waals surface area (Å²) in [5, 5.41) is 0. The predicted octanol–water partition coefficient (Wildman–Crippen LogP) is 24.6. The third-order valence-corrected chi connectivity index (χ3v) is 17.6. The van der Waals surface area contributed by atoms with Crippen LogP contribution >= 0.6 is 0 Å². The van der Waals surface area contributed by atoms with Crippen LogP contribution in [0.5, 0.6) is 0 Å². The third-order valence-electron chi connectivity index (χ3n) is 17.6. The monoisotopic (exact) mass is 1120 g/mol. The molecule has 6 heteroatoms. The van der Waals surface area contributed by atoms with E-state index in [-0.39, 0.29) is 31.1 Å². The maximum absolute atomic E-state index is 13.0. The molecule has 0 aromatic rings. The first-order valence-corrected chi connectivity index (χ1v) is 36.2. The summed E-state index contributed by atoms with van der Waals surface area (Å²) in [5.41, 5.74) is 0. The van der Waals surface area contributed by atoms with Crippen LogP contribution in [0.15, 0.2) is 0 Å². The van der Waals surface area contributed by atoms with E-state index < -0.39 is 6.10 Å². The molecule has 6 nitrogen and oxygen atoms in total. The van der Waals surface area contributed by atoms with Gasteiger partial charge in [-0.3, -0.25) is 14.4 Å². The highest BCUT2D eigenvalue weighted by atomic mass is 16.6. The molecule has 0 aliphatic heterocycles. The van der Waals surface area contributed by atoms with Crippen molar-refractivity contribution in [3.05, 3.63) is 0 Å². The van der Waals surface area contributed by atoms with E-state index in [1.54, 1.807) is 0 Å². The lowest BCUT2D eigenvalue weighted by Gasteiger charge is -2.18. The van der Waals surface area contributed by atoms with Gasteiger partial charge in [-0.25, -0.2) is 0 Å². The van der Waals surface area contributed by atoms with E-state index >= 15 is 0 Å². The number of carbonyl (C=O) groups is 3. The van der Waals surface area contributed by atoms with E-state index in [2.05, 4.69) is 41.5 Å². The van der Waals surface area contributed by atoms with Crippen molar-refractivity contribution < 1.29 is 28.6 Å². The molecule has 0 aromatic carbocycles. The Balaban J connectivity index is 4.27. The minimum atomic E-state index is -0.766. The number of unbranched alkanes of at least 4 members (excludes halogenated alkanes) is 47. The molecule has 2 unspecified atom stereocenters. The Hall–Kier alpha value is -1.59. The van der Waals surface area contributed by atoms with Crippen molar-refractivity contribution in [2.75, 3.05) is 13.2 Å². The van der Waals surface area contributed by atoms with Gasteiger partial charge in [-0.15, -0.1) is 0 Å². The van der Waals surface area contributed by atoms with Gasteiger partial charge >= 0.3 is 17.9 Å². The standard InChI is InChI=1S/C73H142O6/c1-7-68(5)60-54-48-42-36-30-24-17-13-9-11-15-19-26-32-38-44-50-56-62-71(74)77-65-70(66-78-72(75)63-57-51-45-39-33-27-22-21-23-29-35-41-47-53-59-67(3)4)79-73(76)64-58-52-46-40-34-28-20-16-12-10-14-18-25-31-37-43-49-55-61-69(6)8-2/h67-70H,7-66H2,1-6H3/t68?,69?,70-/m1/s1. The molecule has 0 aliphatic rings. The van der Waals surface area contributed by atoms with Gasteiger partial charge in [-0.05, 0) is 37.0 Å². The highest BCUT2D eigenvalue weighted by molar-refractivity contribution is 5.71. The molecule has 0 aromatic heterocycles. The van der Waals surface area contributed by atoms with Gasteiger partial charge in [0.05, 0.1) is 0 Å². The van der Waals surface area contributed by atoms with Crippen molar-refractivity contribution in [1.82, 2.24) is 0 Å². The second-order valence-corrected chi connectivity index (χ2v) is 26.2. The normalized spacial score (nSPS) is 12.8. The zero-order chi connectivity index (χ0) is 57.6. The average Bonchev–Trinajstić information content (AvgIpc) is 3.44. The van der Waals surface area contributed by atoms with Crippen molar-refractivity contribution in [2.45, 2.75) is 420 Å². The Bertz CT molecular complexity index is 1230. The van der Waals surface area contributed by atoms with Crippen LogP contribution in [0.1, 0.15) is 414 Å². The molecular weight excluding hydrogens is 973 g/mol. The van der Waals surface area contributed by atoms with E-state index in [0.29, 0.717) is 19.3 Å². The Labute approximate surface area is 495 Å². The molecule has 79 heavy (non-hydrogen) atoms. The molecule has 0 saturated carbocycles. The fourth-order valence-electron chi connectivity index (χ4n) is 11.4. The van der Waals surface area contributed by atoms with E-state index in [1.165, 1.54) is 295 Å². The van der Waals surface area contributed by atoms with Gasteiger partial charge in [-0.2, -0.15) is 0 Å². The number of carbonyl (C=O) groups excluding carboxylic acids is 3. The maximum atomic E-state index is 13.0. The van der Waals surface area contributed by atoms with Crippen LogP contribution in [-0.4, -0.2) is 37.2 Å². The molecule has 3 atom stereocenters. The van der Waals surface area contributed by atoms with Crippen molar-refractivity contribution in [3.63, 3.8) is 0 Å². The molecule has 0 rings (SSSR count). The number of rotatable bonds is 66. The number of esters is 3. The smallest absolute Gasteiger partial charge is 0.306 e. The van der Waals surface area contributed by atoms with Gasteiger partial charge in [0.15, 0.2) is 6.10 Å². The van der Waals surface area contributed by atoms with Crippen LogP contribution in [-0.2, 0) is 28.6 Å². The zero-order valence-electron chi connectivity index (χ0n) is 54.7. The lowest BCUT2D eigenvalue weighted by atomic mass is 9.99. The van der Waals surface area contributed by atoms with Gasteiger partial charge in [0.25, 0.3) is 0 Å². The minimum Gasteiger partial charge on any atom is -0.462 e. The van der Waals surface area contributed by atoms with Crippen LogP contribution in [0.3, 0.4) is 0 Å². The highest BCUT2D eigenvalue weighted by Crippen LogP contribution is 2.21. The fraction of sp³-hybridized carbons (Fsp3) is 0.959. The van der Waals surface area contributed by atoms with Crippen LogP contribution in [0.2, 0.25) is 0 Å². The zero-order valence-corrected chi connectivity index (χ0v) is 54.7. The third kappa shape index (κ3) is 63.8. The number of ether oxygens (including phenoxy) is 3. The largest absolute Gasteiger partial charge is 0.462 e. The van der Waals surface area contributed by atoms with Gasteiger partial charge < -0.3 is 14.2 Å². The van der Waals surface area contributed by atoms with E-state index in [1.807, 2.05) is 0 Å². The van der Waals surface area contributed by atoms with Crippen LogP contribution in [0.25, 0.3) is 0 Å². The number of hydrogen-bond acceptors (Lipinski definition) is 6. The summed E-state index contributed by atoms with van der Waals surface area (Å²) in [6.07, 6.45) is 72.5. The van der Waals surface area contributed by atoms with Crippen LogP contribution in [0, 0.1) is 17.8 Å². The molecule has 0 N–H and O–H groups in total. The highest BCUT2D eigenvalue weighted by Gasteiger charge is 2.20. The Kier molecular flexibility index (Phi) is 62.7. The van der Waals surface area contributed by atoms with Crippen LogP contribution < -0.4 is 0 Å². The molecule has 0 bridgehead atoms. The van der Waals surface area contributed by atoms with Gasteiger partial charge in [0, 0.05) is 19.3 Å². The molecule has 470 valence electrons. The SMILES string of the molecule is CCC(C)CCCCCCCCCCCCCCCCCCCCC(=O)OC[C@H](COC(=O)CCCCCCCCCCCCCCCCC(C)C)OC(=O)CCCCCCCCCCCCCCCCCCCCC(C)CC. The Morgan fingerprint density at radius 3 is 0.658 bits per heavy atom. The second-order valence-electron chi connectivity index (χ2n) is 26.2. The Morgan fingerprint density at radius 1 is 0.253 bits per heavy atom. The summed E-state index contributed by atoms with van der Waals surface area (Å²) in [7, 11) is 0. The molecule has 0 spiro atoms. The lowest BCUT2D eigenvalue weighted by molar-refractivity contribution is -0.167. The maximum Gasteiger partial charge on any atom is 0.306 e. The van der Waals surface area contributed by atoms with Crippen LogP contribution in [0.4, 0.5) is 0 Å². The van der Waals surface area contributed by atoms with E-state index in [0.717, 1.165) is 75.5 Å². The summed E-state index contributed by atoms with van der Waals surface area (Å²) < 4.78 is 17.0. The van der Waals surface area contributed by atoms with E-state index in [9.17, 15) is 14.4 Å². The second kappa shape index (κ2) is 64.0. The first-order chi connectivity index (χ1) is 38.7. The predicted molar refractivity (Wildman–Crippen MR) is 344 cm³/mol. The number of hydrogen-bond donors (Lipinski definition) is 0. The van der Waals surface area contributed by atoms with Crippen molar-refractivity contribution in [2.24, 2.45) is 17.8 Å². The summed E-state index contributed by atoms with van der Waals surface area (Å²) >= 11 is 0. The molecule has 0 fully saturated rings. The summed E-state index contributed by atoms with van der Waals surface area (Å²) in [6, 6.07) is 0. The van der Waals surface area contributed by atoms with Gasteiger partial charge in [0.2, 0.25) is 0 Å². The lowest BCUT2D eigenvalue weighted by Crippen LogP contribution is -2.30. The molecule has 0 radical (unpaired) electrons. The molecule has 0 aliphatic carbocycles. The summed E-state index contributed by atoms with van der Waals surface area (Å²) in [6.45, 7) is 13.9. The fourth-order valence-corrected chi connectivity index (χ4v) is 11.4. The van der Waals surface area contributed by atoms with Crippen molar-refractivity contribution in [3.8, 4) is 0 Å². The molecular formula is C73H142O6. The first-order valence-electron chi connectivity index (χ1n) is 36.2. The van der Waals surface area contributed by atoms with Crippen molar-refractivity contribution in [1.29, 1.82) is 0 Å². The minimum absolute atomic E-state index is 0.0616. The molecule has 0 heterocycles. The first kappa shape index (κ1) is 77.4. The van der Waals surface area contributed by atoms with E-state index in [4.69, 9.17) is 14.2 Å². The molecule has 0 saturated heterocycles. The van der Waals surface area contributed by atoms with Crippen molar-refractivity contribution >= 4 is 17.9 Å². The topological polar surface area (TPSA) is 78.9 Å². The molecule has 0 amide bonds. The summed E-state index contributed by atoms with van der Waals surface area (Å²) in [5.74, 6) is 1.84. The van der Waals surface area contributed by atoms with Gasteiger partial charge in [-0.1, -0.05) is 375 Å². The average molecular weight is 1120 g/mol. The quantitative estimate of drug-likeness (QED) is 0.0343. The Morgan fingerprint density at radius 2 is 0.443 bits per heavy atom. The summed E-state index contributed by atoms with van der Waals surface area (Å²) in [4.78, 5) is 38.5.